The van der Waals surface area contributed by atoms with Gasteiger partial charge in [0.2, 0.25) is 0 Å². The molecule has 6 nitrogen and oxygen atoms in total. The molecule has 1 saturated heterocycles. The standard InChI is InChI=1S/C24H24N4O2/c1-15-7-8-20-18(13-15)19(14-16(2)25-20)23(29)27-11-9-17(10-12-27)28-22-6-4-3-5-21(22)26-24(28)30/h3-8,13-14,17H,9-12H2,1-2H3,(H,26,30). The molecular formula is C24H24N4O2. The minimum absolute atomic E-state index is 0.0424. The van der Waals surface area contributed by atoms with Gasteiger partial charge in [-0.3, -0.25) is 14.3 Å². The Balaban J connectivity index is 1.42. The van der Waals surface area contributed by atoms with Crippen molar-refractivity contribution in [2.45, 2.75) is 32.7 Å². The largest absolute Gasteiger partial charge is 0.338 e. The molecule has 5 rings (SSSR count). The second-order valence-electron chi connectivity index (χ2n) is 8.17. The lowest BCUT2D eigenvalue weighted by atomic mass is 10.0. The van der Waals surface area contributed by atoms with Crippen molar-refractivity contribution >= 4 is 27.8 Å². The van der Waals surface area contributed by atoms with Crippen LogP contribution in [0.1, 0.15) is 40.5 Å². The van der Waals surface area contributed by atoms with Crippen LogP contribution in [0.4, 0.5) is 0 Å². The molecule has 2 aromatic heterocycles. The molecule has 1 N–H and O–H groups in total. The lowest BCUT2D eigenvalue weighted by molar-refractivity contribution is 0.0697. The number of imidazole rings is 1. The Morgan fingerprint density at radius 3 is 2.63 bits per heavy atom. The van der Waals surface area contributed by atoms with Crippen molar-refractivity contribution in [3.05, 3.63) is 75.8 Å². The van der Waals surface area contributed by atoms with Crippen LogP contribution in [0.3, 0.4) is 0 Å². The molecule has 30 heavy (non-hydrogen) atoms. The third-order valence-corrected chi connectivity index (χ3v) is 6.06. The molecule has 4 aromatic rings. The van der Waals surface area contributed by atoms with Gasteiger partial charge in [-0.05, 0) is 57.0 Å². The van der Waals surface area contributed by atoms with Gasteiger partial charge in [-0.25, -0.2) is 4.79 Å². The Morgan fingerprint density at radius 1 is 1.07 bits per heavy atom. The molecule has 0 spiro atoms. The van der Waals surface area contributed by atoms with Gasteiger partial charge in [0.25, 0.3) is 5.91 Å². The lowest BCUT2D eigenvalue weighted by Gasteiger charge is -2.33. The first kappa shape index (κ1) is 18.6. The summed E-state index contributed by atoms with van der Waals surface area (Å²) in [6.45, 7) is 5.21. The fourth-order valence-electron chi connectivity index (χ4n) is 4.58. The van der Waals surface area contributed by atoms with Crippen LogP contribution in [0.15, 0.2) is 53.3 Å². The first-order chi connectivity index (χ1) is 14.5. The molecule has 1 fully saturated rings. The van der Waals surface area contributed by atoms with Crippen LogP contribution in [0.2, 0.25) is 0 Å². The van der Waals surface area contributed by atoms with Crippen LogP contribution in [0.25, 0.3) is 21.9 Å². The summed E-state index contributed by atoms with van der Waals surface area (Å²) < 4.78 is 1.85. The lowest BCUT2D eigenvalue weighted by Crippen LogP contribution is -2.40. The van der Waals surface area contributed by atoms with Gasteiger partial charge in [-0.2, -0.15) is 0 Å². The van der Waals surface area contributed by atoms with Gasteiger partial charge < -0.3 is 9.88 Å². The minimum Gasteiger partial charge on any atom is -0.338 e. The Bertz CT molecular complexity index is 1330. The number of amides is 1. The van der Waals surface area contributed by atoms with Gasteiger partial charge in [-0.15, -0.1) is 0 Å². The first-order valence-corrected chi connectivity index (χ1v) is 10.4. The molecule has 0 bridgehead atoms. The number of nitrogens with one attached hydrogen (secondary N) is 1. The predicted octanol–water partition coefficient (Wildman–Crippen LogP) is 3.97. The van der Waals surface area contributed by atoms with Crippen LogP contribution >= 0.6 is 0 Å². The number of piperidine rings is 1. The number of hydrogen-bond donors (Lipinski definition) is 1. The quantitative estimate of drug-likeness (QED) is 0.553. The number of pyridine rings is 1. The molecule has 0 atom stereocenters. The predicted molar refractivity (Wildman–Crippen MR) is 118 cm³/mol. The number of fused-ring (bicyclic) bond motifs is 2. The number of aromatic nitrogens is 3. The molecule has 152 valence electrons. The summed E-state index contributed by atoms with van der Waals surface area (Å²) in [6.07, 6.45) is 1.52. The summed E-state index contributed by atoms with van der Waals surface area (Å²) in [7, 11) is 0. The average Bonchev–Trinajstić information content (AvgIpc) is 3.09. The summed E-state index contributed by atoms with van der Waals surface area (Å²) in [4.78, 5) is 35.3. The van der Waals surface area contributed by atoms with E-state index in [0.29, 0.717) is 18.7 Å². The summed E-state index contributed by atoms with van der Waals surface area (Å²) in [5.41, 5.74) is 5.23. The highest BCUT2D eigenvalue weighted by atomic mass is 16.2. The van der Waals surface area contributed by atoms with Crippen molar-refractivity contribution in [2.24, 2.45) is 0 Å². The Kier molecular flexibility index (Phi) is 4.42. The van der Waals surface area contributed by atoms with E-state index in [9.17, 15) is 9.59 Å². The normalized spacial score (nSPS) is 15.2. The van der Waals surface area contributed by atoms with Crippen molar-refractivity contribution < 1.29 is 4.79 Å². The second-order valence-corrected chi connectivity index (χ2v) is 8.17. The number of carbonyl (C=O) groups is 1. The Morgan fingerprint density at radius 2 is 1.83 bits per heavy atom. The number of aromatic amines is 1. The number of rotatable bonds is 2. The van der Waals surface area contributed by atoms with Gasteiger partial charge in [0.05, 0.1) is 22.1 Å². The average molecular weight is 400 g/mol. The zero-order valence-electron chi connectivity index (χ0n) is 17.2. The monoisotopic (exact) mass is 400 g/mol. The number of nitrogens with zero attached hydrogens (tertiary/aromatic N) is 3. The maximum Gasteiger partial charge on any atom is 0.326 e. The zero-order chi connectivity index (χ0) is 20.8. The molecule has 1 aliphatic heterocycles. The van der Waals surface area contributed by atoms with E-state index in [1.54, 1.807) is 0 Å². The maximum absolute atomic E-state index is 13.4. The maximum atomic E-state index is 13.4. The van der Waals surface area contributed by atoms with Crippen LogP contribution in [-0.2, 0) is 0 Å². The number of H-pyrrole nitrogens is 1. The van der Waals surface area contributed by atoms with Gasteiger partial charge >= 0.3 is 5.69 Å². The van der Waals surface area contributed by atoms with E-state index in [1.165, 1.54) is 0 Å². The molecule has 0 radical (unpaired) electrons. The number of likely N-dealkylation sites (tertiary alicyclic amines) is 1. The second kappa shape index (κ2) is 7.13. The number of benzene rings is 2. The number of carbonyl (C=O) groups excluding carboxylic acids is 1. The van der Waals surface area contributed by atoms with E-state index in [0.717, 1.165) is 46.0 Å². The van der Waals surface area contributed by atoms with Crippen LogP contribution in [0.5, 0.6) is 0 Å². The third kappa shape index (κ3) is 3.09. The van der Waals surface area contributed by atoms with E-state index in [-0.39, 0.29) is 17.6 Å². The molecule has 3 heterocycles. The van der Waals surface area contributed by atoms with Crippen molar-refractivity contribution in [1.82, 2.24) is 19.4 Å². The van der Waals surface area contributed by atoms with Gasteiger partial charge in [0, 0.05) is 30.2 Å². The van der Waals surface area contributed by atoms with Crippen LogP contribution < -0.4 is 5.69 Å². The van der Waals surface area contributed by atoms with Gasteiger partial charge in [0.15, 0.2) is 0 Å². The van der Waals surface area contributed by atoms with E-state index in [1.807, 2.05) is 71.8 Å². The van der Waals surface area contributed by atoms with Gasteiger partial charge in [0.1, 0.15) is 0 Å². The van der Waals surface area contributed by atoms with E-state index in [2.05, 4.69) is 9.97 Å². The zero-order valence-corrected chi connectivity index (χ0v) is 17.2. The fraction of sp³-hybridized carbons (Fsp3) is 0.292. The van der Waals surface area contributed by atoms with E-state index < -0.39 is 0 Å². The van der Waals surface area contributed by atoms with Gasteiger partial charge in [-0.1, -0.05) is 23.8 Å². The third-order valence-electron chi connectivity index (χ3n) is 6.06. The molecule has 0 aliphatic carbocycles. The number of hydrogen-bond acceptors (Lipinski definition) is 3. The molecule has 1 amide bonds. The van der Waals surface area contributed by atoms with E-state index in [4.69, 9.17) is 0 Å². The highest BCUT2D eigenvalue weighted by Gasteiger charge is 2.27. The minimum atomic E-state index is -0.0767. The molecule has 1 aliphatic rings. The molecule has 2 aromatic carbocycles. The molecular weight excluding hydrogens is 376 g/mol. The number of para-hydroxylation sites is 2. The summed E-state index contributed by atoms with van der Waals surface area (Å²) in [5, 5.41) is 0.903. The summed E-state index contributed by atoms with van der Waals surface area (Å²) >= 11 is 0. The smallest absolute Gasteiger partial charge is 0.326 e. The first-order valence-electron chi connectivity index (χ1n) is 10.4. The topological polar surface area (TPSA) is 71.0 Å². The Hall–Kier alpha value is -3.41. The van der Waals surface area contributed by atoms with Crippen molar-refractivity contribution in [2.75, 3.05) is 13.1 Å². The van der Waals surface area contributed by atoms with E-state index >= 15 is 0 Å². The highest BCUT2D eigenvalue weighted by Crippen LogP contribution is 2.27. The SMILES string of the molecule is Cc1ccc2nc(C)cc(C(=O)N3CCC(n4c(=O)[nH]c5ccccc54)CC3)c2c1. The molecule has 0 saturated carbocycles. The highest BCUT2D eigenvalue weighted by molar-refractivity contribution is 6.06. The Labute approximate surface area is 174 Å². The van der Waals surface area contributed by atoms with Crippen molar-refractivity contribution in [3.8, 4) is 0 Å². The number of aryl methyl sites for hydroxylation is 2. The van der Waals surface area contributed by atoms with Crippen LogP contribution in [-0.4, -0.2) is 38.4 Å². The summed E-state index contributed by atoms with van der Waals surface area (Å²) in [5.74, 6) is 0.0424. The van der Waals surface area contributed by atoms with Crippen molar-refractivity contribution in [3.63, 3.8) is 0 Å². The van der Waals surface area contributed by atoms with Crippen molar-refractivity contribution in [1.29, 1.82) is 0 Å². The molecule has 6 heteroatoms. The molecule has 0 unspecified atom stereocenters. The summed E-state index contributed by atoms with van der Waals surface area (Å²) in [6, 6.07) is 15.8. The fourth-order valence-corrected chi connectivity index (χ4v) is 4.58. The van der Waals surface area contributed by atoms with Crippen LogP contribution in [0, 0.1) is 13.8 Å².